The maximum atomic E-state index is 13.1. The predicted molar refractivity (Wildman–Crippen MR) is 107 cm³/mol. The second kappa shape index (κ2) is 7.38. The zero-order valence-corrected chi connectivity index (χ0v) is 17.0. The average Bonchev–Trinajstić information content (AvgIpc) is 3.35. The van der Waals surface area contributed by atoms with Crippen LogP contribution in [0.5, 0.6) is 0 Å². The summed E-state index contributed by atoms with van der Waals surface area (Å²) in [5.41, 5.74) is 6.64. The number of aromatic nitrogens is 3. The van der Waals surface area contributed by atoms with E-state index in [1.54, 1.807) is 6.07 Å². The van der Waals surface area contributed by atoms with Gasteiger partial charge in [0, 0.05) is 54.9 Å². The van der Waals surface area contributed by atoms with Crippen LogP contribution in [0, 0.1) is 11.3 Å². The lowest BCUT2D eigenvalue weighted by Crippen LogP contribution is -2.39. The van der Waals surface area contributed by atoms with Crippen LogP contribution in [-0.2, 0) is 6.54 Å². The van der Waals surface area contributed by atoms with Gasteiger partial charge in [0.25, 0.3) is 5.91 Å². The third kappa shape index (κ3) is 3.49. The van der Waals surface area contributed by atoms with Crippen molar-refractivity contribution in [2.75, 3.05) is 38.5 Å². The van der Waals surface area contributed by atoms with Crippen LogP contribution in [0.25, 0.3) is 0 Å². The van der Waals surface area contributed by atoms with E-state index in [0.717, 1.165) is 25.3 Å². The number of nitrogen functional groups attached to an aromatic ring is 1. The molecular weight excluding hydrogens is 376 g/mol. The minimum atomic E-state index is -0.278. The maximum absolute atomic E-state index is 13.1. The average molecular weight is 403 g/mol. The number of hydrogen-bond acceptors (Lipinski definition) is 8. The van der Waals surface area contributed by atoms with Crippen LogP contribution in [-0.4, -0.2) is 67.9 Å². The molecule has 0 bridgehead atoms. The molecule has 4 rings (SSSR count). The molecule has 0 spiro atoms. The largest absolute Gasteiger partial charge is 0.396 e. The van der Waals surface area contributed by atoms with Crippen LogP contribution in [0.2, 0.25) is 0 Å². The maximum Gasteiger partial charge on any atom is 0.272 e. The van der Waals surface area contributed by atoms with Crippen molar-refractivity contribution in [2.45, 2.75) is 26.3 Å². The molecule has 2 atom stereocenters. The normalized spacial score (nSPS) is 24.9. The molecule has 9 heteroatoms. The summed E-state index contributed by atoms with van der Waals surface area (Å²) in [5, 5.41) is 10.2. The third-order valence-electron chi connectivity index (χ3n) is 5.88. The van der Waals surface area contributed by atoms with E-state index < -0.39 is 0 Å². The van der Waals surface area contributed by atoms with E-state index in [0.29, 0.717) is 18.8 Å². The van der Waals surface area contributed by atoms with Crippen molar-refractivity contribution in [2.24, 2.45) is 11.3 Å². The van der Waals surface area contributed by atoms with Crippen LogP contribution in [0.3, 0.4) is 0 Å². The Balaban J connectivity index is 1.49. The van der Waals surface area contributed by atoms with E-state index in [1.807, 2.05) is 31.0 Å². The van der Waals surface area contributed by atoms with E-state index in [-0.39, 0.29) is 35.7 Å². The molecule has 2 unspecified atom stereocenters. The van der Waals surface area contributed by atoms with E-state index in [4.69, 9.17) is 5.73 Å². The van der Waals surface area contributed by atoms with Crippen molar-refractivity contribution in [1.82, 2.24) is 24.1 Å². The number of hydrogen-bond donors (Lipinski definition) is 2. The molecule has 2 saturated heterocycles. The fourth-order valence-corrected chi connectivity index (χ4v) is 5.01. The van der Waals surface area contributed by atoms with Crippen LogP contribution in [0.4, 0.5) is 5.95 Å². The molecule has 2 aliphatic heterocycles. The first-order valence-electron chi connectivity index (χ1n) is 9.57. The van der Waals surface area contributed by atoms with E-state index in [2.05, 4.69) is 19.2 Å². The van der Waals surface area contributed by atoms with Gasteiger partial charge in [-0.3, -0.25) is 9.69 Å². The molecule has 2 aromatic heterocycles. The van der Waals surface area contributed by atoms with Crippen molar-refractivity contribution in [3.8, 4) is 0 Å². The first-order valence-corrected chi connectivity index (χ1v) is 10.3. The van der Waals surface area contributed by atoms with Crippen LogP contribution in [0.1, 0.15) is 40.8 Å². The first kappa shape index (κ1) is 19.2. The minimum absolute atomic E-state index is 0.0732. The number of fused-ring (bicyclic) bond motifs is 1. The Hall–Kier alpha value is -2.10. The van der Waals surface area contributed by atoms with Gasteiger partial charge in [-0.15, -0.1) is 0 Å². The Bertz CT molecular complexity index is 858. The SMILES string of the molecule is CC(C)c1cc(C(=O)N2CC3CN(Cc4ccns4)CC3(CO)C2)nc(N)n1. The van der Waals surface area contributed by atoms with Gasteiger partial charge in [-0.1, -0.05) is 13.8 Å². The second-order valence-corrected chi connectivity index (χ2v) is 9.16. The Labute approximate surface area is 168 Å². The predicted octanol–water partition coefficient (Wildman–Crippen LogP) is 1.21. The number of anilines is 1. The number of rotatable bonds is 5. The Morgan fingerprint density at radius 1 is 1.39 bits per heavy atom. The molecule has 28 heavy (non-hydrogen) atoms. The zero-order valence-electron chi connectivity index (χ0n) is 16.2. The summed E-state index contributed by atoms with van der Waals surface area (Å²) in [5.74, 6) is 0.408. The molecule has 3 N–H and O–H groups in total. The van der Waals surface area contributed by atoms with Gasteiger partial charge in [-0.25, -0.2) is 14.3 Å². The molecule has 8 nitrogen and oxygen atoms in total. The van der Waals surface area contributed by atoms with E-state index in [9.17, 15) is 9.90 Å². The van der Waals surface area contributed by atoms with Crippen LogP contribution >= 0.6 is 11.5 Å². The topological polar surface area (TPSA) is 108 Å². The monoisotopic (exact) mass is 402 g/mol. The van der Waals surface area contributed by atoms with Gasteiger partial charge in [-0.2, -0.15) is 0 Å². The number of likely N-dealkylation sites (tertiary alicyclic amines) is 2. The molecular formula is C19H26N6O2S. The molecule has 1 amide bonds. The van der Waals surface area contributed by atoms with Gasteiger partial charge in [0.15, 0.2) is 0 Å². The summed E-state index contributed by atoms with van der Waals surface area (Å²) in [6.07, 6.45) is 1.82. The lowest BCUT2D eigenvalue weighted by Gasteiger charge is -2.27. The van der Waals surface area contributed by atoms with Crippen molar-refractivity contribution < 1.29 is 9.90 Å². The standard InChI is InChI=1S/C19H26N6O2S/c1-12(2)15-5-16(23-18(20)22-15)17(27)25-7-13-6-24(8-14-3-4-21-28-14)9-19(13,10-25)11-26/h3-5,12-13,26H,6-11H2,1-2H3,(H2,20,22,23). The first-order chi connectivity index (χ1) is 13.4. The summed E-state index contributed by atoms with van der Waals surface area (Å²) >= 11 is 1.51. The van der Waals surface area contributed by atoms with Gasteiger partial charge in [0.05, 0.1) is 6.61 Å². The summed E-state index contributed by atoms with van der Waals surface area (Å²) in [6.45, 7) is 7.74. The van der Waals surface area contributed by atoms with Gasteiger partial charge >= 0.3 is 0 Å². The van der Waals surface area contributed by atoms with Gasteiger partial charge in [0.1, 0.15) is 5.69 Å². The highest BCUT2D eigenvalue weighted by molar-refractivity contribution is 7.05. The lowest BCUT2D eigenvalue weighted by molar-refractivity contribution is 0.0713. The zero-order chi connectivity index (χ0) is 19.9. The lowest BCUT2D eigenvalue weighted by atomic mass is 9.82. The molecule has 2 fully saturated rings. The molecule has 0 radical (unpaired) electrons. The van der Waals surface area contributed by atoms with Crippen LogP contribution < -0.4 is 5.73 Å². The summed E-state index contributed by atoms with van der Waals surface area (Å²) in [6, 6.07) is 3.77. The minimum Gasteiger partial charge on any atom is -0.396 e. The molecule has 0 aromatic carbocycles. The van der Waals surface area contributed by atoms with Crippen molar-refractivity contribution >= 4 is 23.4 Å². The van der Waals surface area contributed by atoms with Gasteiger partial charge in [0.2, 0.25) is 5.95 Å². The summed E-state index contributed by atoms with van der Waals surface area (Å²) in [4.78, 5) is 26.9. The number of aliphatic hydroxyl groups excluding tert-OH is 1. The second-order valence-electron chi connectivity index (χ2n) is 8.24. The highest BCUT2D eigenvalue weighted by atomic mass is 32.1. The fourth-order valence-electron chi connectivity index (χ4n) is 4.39. The Morgan fingerprint density at radius 2 is 2.21 bits per heavy atom. The molecule has 2 aromatic rings. The third-order valence-corrected chi connectivity index (χ3v) is 6.60. The van der Waals surface area contributed by atoms with Crippen LogP contribution in [0.15, 0.2) is 18.3 Å². The quantitative estimate of drug-likeness (QED) is 0.774. The fraction of sp³-hybridized carbons (Fsp3) is 0.579. The van der Waals surface area contributed by atoms with E-state index in [1.165, 1.54) is 16.4 Å². The molecule has 0 saturated carbocycles. The highest BCUT2D eigenvalue weighted by Gasteiger charge is 2.53. The molecule has 4 heterocycles. The summed E-state index contributed by atoms with van der Waals surface area (Å²) in [7, 11) is 0. The number of nitrogens with two attached hydrogens (primary N) is 1. The van der Waals surface area contributed by atoms with Crippen molar-refractivity contribution in [3.63, 3.8) is 0 Å². The van der Waals surface area contributed by atoms with Crippen molar-refractivity contribution in [1.29, 1.82) is 0 Å². The molecule has 2 aliphatic rings. The summed E-state index contributed by atoms with van der Waals surface area (Å²) < 4.78 is 4.16. The smallest absolute Gasteiger partial charge is 0.272 e. The number of nitrogens with zero attached hydrogens (tertiary/aromatic N) is 5. The Kier molecular flexibility index (Phi) is 5.07. The number of aliphatic hydroxyl groups is 1. The molecule has 0 aliphatic carbocycles. The number of carbonyl (C=O) groups excluding carboxylic acids is 1. The Morgan fingerprint density at radius 3 is 2.86 bits per heavy atom. The number of carbonyl (C=O) groups is 1. The number of amides is 1. The molecule has 150 valence electrons. The van der Waals surface area contributed by atoms with E-state index >= 15 is 0 Å². The van der Waals surface area contributed by atoms with Gasteiger partial charge < -0.3 is 15.7 Å². The van der Waals surface area contributed by atoms with Gasteiger partial charge in [-0.05, 0) is 35.5 Å². The van der Waals surface area contributed by atoms with Crippen molar-refractivity contribution in [3.05, 3.63) is 34.6 Å². The highest BCUT2D eigenvalue weighted by Crippen LogP contribution is 2.43.